The van der Waals surface area contributed by atoms with E-state index in [9.17, 15) is 34.2 Å². The number of esters is 2. The van der Waals surface area contributed by atoms with Gasteiger partial charge in [-0.05, 0) is 51.1 Å². The Kier molecular flexibility index (Phi) is 7.39. The average Bonchev–Trinajstić information content (AvgIpc) is 3.28. The Morgan fingerprint density at radius 3 is 2.57 bits per heavy atom. The summed E-state index contributed by atoms with van der Waals surface area (Å²) in [7, 11) is 1.95. The number of carboxylic acids is 2. The standard InChI is InChI=1S/C28H32N2O12/c1-13(25(36)29-15(26(37)38)12-19(32)33)40-20(34)5-6-21(35)41-17-7-8-28(39)18-11-14-3-4-16(31)23-22(14)27(28,24(17)42-23)9-10-30(18)2/h3-4,7,13,15,18,24,31,39H,5-6,8-12H2,1-2H3,(H,29,36)(H,32,33)(H,37,38)/t13-,15-,18-,24-,27-,28+/m0/s1. The minimum atomic E-state index is -1.71. The number of carbonyl (C=O) groups excluding carboxylic acids is 3. The zero-order valence-corrected chi connectivity index (χ0v) is 23.0. The van der Waals surface area contributed by atoms with Gasteiger partial charge in [-0.3, -0.25) is 19.2 Å². The molecule has 226 valence electrons. The number of aromatic hydroxyl groups is 1. The third-order valence-electron chi connectivity index (χ3n) is 8.79. The van der Waals surface area contributed by atoms with Crippen LogP contribution in [0.2, 0.25) is 0 Å². The lowest BCUT2D eigenvalue weighted by atomic mass is 9.50. The van der Waals surface area contributed by atoms with Gasteiger partial charge in [-0.2, -0.15) is 0 Å². The van der Waals surface area contributed by atoms with Crippen LogP contribution in [0.25, 0.3) is 0 Å². The Bertz CT molecular complexity index is 1390. The van der Waals surface area contributed by atoms with E-state index in [-0.39, 0.29) is 29.7 Å². The molecule has 6 atom stereocenters. The van der Waals surface area contributed by atoms with Crippen LogP contribution in [0.3, 0.4) is 0 Å². The van der Waals surface area contributed by atoms with Crippen molar-refractivity contribution in [1.29, 1.82) is 0 Å². The van der Waals surface area contributed by atoms with Gasteiger partial charge in [0.25, 0.3) is 5.91 Å². The zero-order valence-electron chi connectivity index (χ0n) is 23.0. The van der Waals surface area contributed by atoms with E-state index in [1.54, 1.807) is 12.1 Å². The average molecular weight is 589 g/mol. The summed E-state index contributed by atoms with van der Waals surface area (Å²) >= 11 is 0. The van der Waals surface area contributed by atoms with Gasteiger partial charge in [-0.25, -0.2) is 4.79 Å². The van der Waals surface area contributed by atoms with Crippen molar-refractivity contribution in [2.75, 3.05) is 13.6 Å². The van der Waals surface area contributed by atoms with Crippen LogP contribution in [-0.2, 0) is 45.3 Å². The Balaban J connectivity index is 1.23. The molecule has 0 radical (unpaired) electrons. The van der Waals surface area contributed by atoms with Crippen LogP contribution in [0.4, 0.5) is 0 Å². The van der Waals surface area contributed by atoms with Gasteiger partial charge >= 0.3 is 23.9 Å². The number of ether oxygens (including phenoxy) is 3. The number of likely N-dealkylation sites (N-methyl/N-ethyl adjacent to an activating group) is 1. The molecule has 4 aliphatic rings. The topological polar surface area (TPSA) is 209 Å². The van der Waals surface area contributed by atoms with Crippen LogP contribution in [-0.4, -0.2) is 98.6 Å². The highest BCUT2D eigenvalue weighted by Gasteiger charge is 2.72. The Morgan fingerprint density at radius 1 is 1.17 bits per heavy atom. The van der Waals surface area contributed by atoms with Crippen LogP contribution in [0.5, 0.6) is 11.5 Å². The van der Waals surface area contributed by atoms with Gasteiger partial charge in [-0.1, -0.05) is 6.07 Å². The number of rotatable bonds is 10. The van der Waals surface area contributed by atoms with Crippen LogP contribution < -0.4 is 10.1 Å². The van der Waals surface area contributed by atoms with E-state index in [1.165, 1.54) is 6.92 Å². The fourth-order valence-electron chi connectivity index (χ4n) is 6.80. The fraction of sp³-hybridized carbons (Fsp3) is 0.536. The number of aliphatic hydroxyl groups is 1. The maximum absolute atomic E-state index is 12.8. The lowest BCUT2D eigenvalue weighted by molar-refractivity contribution is -0.169. The Labute approximate surface area is 239 Å². The second-order valence-electron chi connectivity index (χ2n) is 11.2. The molecule has 1 spiro atoms. The normalized spacial score (nSPS) is 28.3. The molecule has 5 N–H and O–H groups in total. The van der Waals surface area contributed by atoms with Gasteiger partial charge in [0.2, 0.25) is 0 Å². The molecule has 2 aliphatic heterocycles. The molecule has 0 aromatic heterocycles. The van der Waals surface area contributed by atoms with Crippen LogP contribution in [0.1, 0.15) is 50.2 Å². The number of carboxylic acid groups (broad SMARTS) is 2. The first-order valence-corrected chi connectivity index (χ1v) is 13.6. The Hall–Kier alpha value is -4.17. The van der Waals surface area contributed by atoms with Gasteiger partial charge in [0.15, 0.2) is 23.7 Å². The van der Waals surface area contributed by atoms with Crippen molar-refractivity contribution in [3.63, 3.8) is 0 Å². The number of carbonyl (C=O) groups is 5. The maximum atomic E-state index is 12.8. The van der Waals surface area contributed by atoms with E-state index >= 15 is 0 Å². The molecule has 1 amide bonds. The van der Waals surface area contributed by atoms with E-state index in [4.69, 9.17) is 24.4 Å². The monoisotopic (exact) mass is 588 g/mol. The van der Waals surface area contributed by atoms with E-state index in [2.05, 4.69) is 4.90 Å². The quantitative estimate of drug-likeness (QED) is 0.228. The summed E-state index contributed by atoms with van der Waals surface area (Å²) in [5, 5.41) is 42.6. The molecule has 1 fully saturated rings. The first-order valence-electron chi connectivity index (χ1n) is 13.6. The number of phenols is 1. The molecule has 0 unspecified atom stereocenters. The molecule has 2 heterocycles. The second kappa shape index (κ2) is 10.6. The summed E-state index contributed by atoms with van der Waals surface area (Å²) in [4.78, 5) is 61.4. The fourth-order valence-corrected chi connectivity index (χ4v) is 6.80. The number of likely N-dealkylation sites (tertiary alicyclic amines) is 1. The molecular formula is C28H32N2O12. The zero-order chi connectivity index (χ0) is 30.6. The highest BCUT2D eigenvalue weighted by atomic mass is 16.6. The molecule has 1 aromatic carbocycles. The number of hydrogen-bond acceptors (Lipinski definition) is 11. The number of nitrogens with zero attached hydrogens (tertiary/aromatic N) is 1. The number of piperidine rings is 1. The maximum Gasteiger partial charge on any atom is 0.326 e. The lowest BCUT2D eigenvalue weighted by Gasteiger charge is -2.61. The Morgan fingerprint density at radius 2 is 1.88 bits per heavy atom. The highest BCUT2D eigenvalue weighted by molar-refractivity contribution is 5.90. The largest absolute Gasteiger partial charge is 0.504 e. The van der Waals surface area contributed by atoms with Crippen LogP contribution in [0, 0.1) is 0 Å². The van der Waals surface area contributed by atoms with Crippen molar-refractivity contribution < 1.29 is 58.6 Å². The molecule has 14 nitrogen and oxygen atoms in total. The summed E-state index contributed by atoms with van der Waals surface area (Å²) in [6, 6.07) is 1.46. The van der Waals surface area contributed by atoms with Crippen molar-refractivity contribution in [3.8, 4) is 11.5 Å². The molecule has 42 heavy (non-hydrogen) atoms. The van der Waals surface area contributed by atoms with Crippen molar-refractivity contribution >= 4 is 29.8 Å². The third kappa shape index (κ3) is 4.64. The number of hydrogen-bond donors (Lipinski definition) is 5. The smallest absolute Gasteiger partial charge is 0.326 e. The third-order valence-corrected chi connectivity index (χ3v) is 8.79. The second-order valence-corrected chi connectivity index (χ2v) is 11.2. The van der Waals surface area contributed by atoms with Gasteiger partial charge in [0.1, 0.15) is 11.8 Å². The van der Waals surface area contributed by atoms with Gasteiger partial charge in [0.05, 0.1) is 30.3 Å². The molecule has 0 saturated carbocycles. The molecular weight excluding hydrogens is 556 g/mol. The first kappa shape index (κ1) is 29.3. The number of benzene rings is 1. The predicted octanol–water partition coefficient (Wildman–Crippen LogP) is -0.0309. The minimum absolute atomic E-state index is 0.0681. The van der Waals surface area contributed by atoms with Crippen molar-refractivity contribution in [3.05, 3.63) is 35.1 Å². The molecule has 2 aliphatic carbocycles. The molecule has 5 rings (SSSR count). The number of aliphatic carboxylic acids is 2. The molecule has 2 bridgehead atoms. The number of nitrogens with one attached hydrogen (secondary N) is 1. The summed E-state index contributed by atoms with van der Waals surface area (Å²) in [5.74, 6) is -5.35. The van der Waals surface area contributed by atoms with Crippen LogP contribution in [0.15, 0.2) is 24.0 Å². The van der Waals surface area contributed by atoms with Crippen LogP contribution >= 0.6 is 0 Å². The van der Waals surface area contributed by atoms with Crippen molar-refractivity contribution in [2.45, 2.75) is 80.8 Å². The summed E-state index contributed by atoms with van der Waals surface area (Å²) in [5.41, 5.74) is -0.466. The van der Waals surface area contributed by atoms with E-state index in [0.29, 0.717) is 19.4 Å². The predicted molar refractivity (Wildman–Crippen MR) is 139 cm³/mol. The molecule has 14 heteroatoms. The van der Waals surface area contributed by atoms with Gasteiger partial charge in [-0.15, -0.1) is 0 Å². The van der Waals surface area contributed by atoms with E-state index < -0.39 is 78.3 Å². The van der Waals surface area contributed by atoms with E-state index in [1.807, 2.05) is 18.4 Å². The first-order chi connectivity index (χ1) is 19.8. The lowest BCUT2D eigenvalue weighted by Crippen LogP contribution is -2.74. The number of phenolic OH excluding ortho intramolecular Hbond substituents is 1. The van der Waals surface area contributed by atoms with Gasteiger partial charge in [0, 0.05) is 18.0 Å². The number of amides is 1. The van der Waals surface area contributed by atoms with Gasteiger partial charge < -0.3 is 44.9 Å². The SMILES string of the molecule is C[C@H](OC(=O)CCC(=O)OC1=CC[C@@]2(O)[C@@H]3Cc4ccc(O)c5c4[C@@]2(CCN3C)[C@H]1O5)C(=O)N[C@@H](CC(=O)O)C(=O)O. The van der Waals surface area contributed by atoms with Crippen molar-refractivity contribution in [1.82, 2.24) is 10.2 Å². The van der Waals surface area contributed by atoms with Crippen molar-refractivity contribution in [2.24, 2.45) is 0 Å². The highest BCUT2D eigenvalue weighted by Crippen LogP contribution is 2.65. The van der Waals surface area contributed by atoms with E-state index in [0.717, 1.165) is 11.1 Å². The summed E-state index contributed by atoms with van der Waals surface area (Å²) in [6.45, 7) is 1.83. The minimum Gasteiger partial charge on any atom is -0.504 e. The molecule has 1 aromatic rings. The summed E-state index contributed by atoms with van der Waals surface area (Å²) < 4.78 is 16.8. The molecule has 1 saturated heterocycles. The summed E-state index contributed by atoms with van der Waals surface area (Å²) in [6.07, 6.45) is -1.18.